The van der Waals surface area contributed by atoms with Gasteiger partial charge >= 0.3 is 6.03 Å². The Kier molecular flexibility index (Phi) is 7.87. The van der Waals surface area contributed by atoms with Crippen molar-refractivity contribution in [3.63, 3.8) is 0 Å². The van der Waals surface area contributed by atoms with Crippen molar-refractivity contribution in [1.82, 2.24) is 14.5 Å². The molecule has 2 N–H and O–H groups in total. The summed E-state index contributed by atoms with van der Waals surface area (Å²) in [6.07, 6.45) is 4.54. The summed E-state index contributed by atoms with van der Waals surface area (Å²) < 4.78 is 13.1. The first-order chi connectivity index (χ1) is 16.6. The lowest BCUT2D eigenvalue weighted by Crippen LogP contribution is -2.51. The van der Waals surface area contributed by atoms with Crippen molar-refractivity contribution in [2.75, 3.05) is 56.7 Å². The average molecular weight is 467 g/mol. The number of unbranched alkanes of at least 4 members (excludes halogenated alkanes) is 1. The number of hydrogen-bond donors (Lipinski definition) is 1. The molecule has 3 aromatic rings. The van der Waals surface area contributed by atoms with Gasteiger partial charge < -0.3 is 20.1 Å². The van der Waals surface area contributed by atoms with E-state index in [9.17, 15) is 4.79 Å². The molecule has 0 spiro atoms. The first-order valence-electron chi connectivity index (χ1n) is 11.8. The summed E-state index contributed by atoms with van der Waals surface area (Å²) in [4.78, 5) is 18.3. The van der Waals surface area contributed by atoms with Crippen LogP contribution in [0.1, 0.15) is 19.3 Å². The number of carbonyl (C=O) groups is 1. The molecule has 1 atom stereocenters. The molecule has 0 bridgehead atoms. The fourth-order valence-corrected chi connectivity index (χ4v) is 4.57. The number of nitrogens with zero attached hydrogens (tertiary/aromatic N) is 5. The molecule has 9 nitrogen and oxygen atoms in total. The predicted octanol–water partition coefficient (Wildman–Crippen LogP) is 3.19. The van der Waals surface area contributed by atoms with E-state index in [4.69, 9.17) is 15.2 Å². The number of piperazine rings is 1. The molecule has 1 aliphatic rings. The summed E-state index contributed by atoms with van der Waals surface area (Å²) in [5.74, 6) is 1.48. The summed E-state index contributed by atoms with van der Waals surface area (Å²) in [6, 6.07) is 15.3. The standard InChI is InChI=1S/C25H34N6O3/c1-33-22-11-4-3-10-21(22)28-15-17-29(18-16-28)24(34-2)12-6-7-13-30(25(26)32)23-19-20-9-5-8-14-31(20)27-23/h3-5,8-11,14,19,24H,6-7,12-13,15-18H2,1-2H3,(H2,26,32). The Hall–Kier alpha value is -3.30. The second kappa shape index (κ2) is 11.2. The fraction of sp³-hybridized carbons (Fsp3) is 0.440. The predicted molar refractivity (Wildman–Crippen MR) is 134 cm³/mol. The number of urea groups is 1. The Morgan fingerprint density at radius 1 is 1.09 bits per heavy atom. The summed E-state index contributed by atoms with van der Waals surface area (Å²) in [6.45, 7) is 4.21. The highest BCUT2D eigenvalue weighted by Crippen LogP contribution is 2.29. The maximum absolute atomic E-state index is 12.1. The monoisotopic (exact) mass is 466 g/mol. The number of fused-ring (bicyclic) bond motifs is 1. The molecular formula is C25H34N6O3. The van der Waals surface area contributed by atoms with Crippen LogP contribution in [0.3, 0.4) is 0 Å². The van der Waals surface area contributed by atoms with Gasteiger partial charge in [-0.3, -0.25) is 9.80 Å². The number of hydrogen-bond acceptors (Lipinski definition) is 6. The zero-order valence-electron chi connectivity index (χ0n) is 20.0. The Balaban J connectivity index is 1.27. The summed E-state index contributed by atoms with van der Waals surface area (Å²) >= 11 is 0. The molecule has 0 radical (unpaired) electrons. The molecule has 0 aliphatic carbocycles. The molecule has 182 valence electrons. The third-order valence-electron chi connectivity index (χ3n) is 6.40. The van der Waals surface area contributed by atoms with Gasteiger partial charge in [-0.1, -0.05) is 18.2 Å². The molecule has 0 saturated carbocycles. The third-order valence-corrected chi connectivity index (χ3v) is 6.40. The van der Waals surface area contributed by atoms with Crippen molar-refractivity contribution in [1.29, 1.82) is 0 Å². The van der Waals surface area contributed by atoms with Crippen molar-refractivity contribution in [2.45, 2.75) is 25.5 Å². The van der Waals surface area contributed by atoms with Gasteiger partial charge in [0, 0.05) is 52.1 Å². The summed E-state index contributed by atoms with van der Waals surface area (Å²) in [5.41, 5.74) is 7.71. The largest absolute Gasteiger partial charge is 0.495 e. The van der Waals surface area contributed by atoms with Crippen molar-refractivity contribution in [3.05, 3.63) is 54.7 Å². The van der Waals surface area contributed by atoms with E-state index in [1.165, 1.54) is 0 Å². The molecule has 1 unspecified atom stereocenters. The maximum Gasteiger partial charge on any atom is 0.320 e. The Bertz CT molecular complexity index is 1050. The minimum absolute atomic E-state index is 0.0528. The number of benzene rings is 1. The lowest BCUT2D eigenvalue weighted by atomic mass is 10.1. The topological polar surface area (TPSA) is 88.6 Å². The fourth-order valence-electron chi connectivity index (χ4n) is 4.57. The average Bonchev–Trinajstić information content (AvgIpc) is 3.30. The lowest BCUT2D eigenvalue weighted by molar-refractivity contribution is -0.0410. The molecule has 2 amide bonds. The van der Waals surface area contributed by atoms with Crippen molar-refractivity contribution in [3.8, 4) is 5.75 Å². The number of ether oxygens (including phenoxy) is 2. The first kappa shape index (κ1) is 23.8. The molecule has 1 saturated heterocycles. The zero-order chi connectivity index (χ0) is 23.9. The normalized spacial score (nSPS) is 15.4. The lowest BCUT2D eigenvalue weighted by Gasteiger charge is -2.40. The van der Waals surface area contributed by atoms with Crippen LogP contribution in [0.5, 0.6) is 5.75 Å². The highest BCUT2D eigenvalue weighted by molar-refractivity contribution is 5.90. The second-order valence-corrected chi connectivity index (χ2v) is 8.44. The number of carbonyl (C=O) groups excluding carboxylic acids is 1. The van der Waals surface area contributed by atoms with Gasteiger partial charge in [-0.15, -0.1) is 5.10 Å². The number of para-hydroxylation sites is 2. The second-order valence-electron chi connectivity index (χ2n) is 8.44. The minimum atomic E-state index is -0.487. The Morgan fingerprint density at radius 3 is 2.56 bits per heavy atom. The summed E-state index contributed by atoms with van der Waals surface area (Å²) in [7, 11) is 3.48. The van der Waals surface area contributed by atoms with E-state index in [0.29, 0.717) is 12.4 Å². The molecule has 4 rings (SSSR count). The van der Waals surface area contributed by atoms with Crippen LogP contribution >= 0.6 is 0 Å². The van der Waals surface area contributed by atoms with E-state index < -0.39 is 6.03 Å². The van der Waals surface area contributed by atoms with E-state index in [2.05, 4.69) is 21.0 Å². The van der Waals surface area contributed by atoms with Crippen LogP contribution in [0.4, 0.5) is 16.3 Å². The van der Waals surface area contributed by atoms with Crippen LogP contribution in [0.25, 0.3) is 5.52 Å². The number of methoxy groups -OCH3 is 2. The number of primary amides is 1. The van der Waals surface area contributed by atoms with Crippen LogP contribution < -0.4 is 20.3 Å². The highest BCUT2D eigenvalue weighted by atomic mass is 16.5. The molecule has 2 aromatic heterocycles. The molecule has 1 aromatic carbocycles. The number of aromatic nitrogens is 2. The Morgan fingerprint density at radius 2 is 1.85 bits per heavy atom. The van der Waals surface area contributed by atoms with Crippen molar-refractivity contribution < 1.29 is 14.3 Å². The summed E-state index contributed by atoms with van der Waals surface area (Å²) in [5, 5.41) is 4.48. The zero-order valence-corrected chi connectivity index (χ0v) is 20.0. The molecular weight excluding hydrogens is 432 g/mol. The quantitative estimate of drug-likeness (QED) is 0.462. The van der Waals surface area contributed by atoms with Crippen molar-refractivity contribution >= 4 is 23.1 Å². The van der Waals surface area contributed by atoms with Gasteiger partial charge in [0.05, 0.1) is 18.3 Å². The van der Waals surface area contributed by atoms with Gasteiger partial charge in [0.15, 0.2) is 5.82 Å². The molecule has 1 fully saturated rings. The number of pyridine rings is 1. The number of rotatable bonds is 10. The molecule has 34 heavy (non-hydrogen) atoms. The highest BCUT2D eigenvalue weighted by Gasteiger charge is 2.25. The minimum Gasteiger partial charge on any atom is -0.495 e. The smallest absolute Gasteiger partial charge is 0.320 e. The van der Waals surface area contributed by atoms with Gasteiger partial charge in [-0.05, 0) is 43.5 Å². The first-order valence-corrected chi connectivity index (χ1v) is 11.8. The third kappa shape index (κ3) is 5.43. The van der Waals surface area contributed by atoms with Gasteiger partial charge in [-0.25, -0.2) is 9.31 Å². The number of nitrogens with two attached hydrogens (primary N) is 1. The molecule has 9 heteroatoms. The molecule has 1 aliphatic heterocycles. The van der Waals surface area contributed by atoms with Gasteiger partial charge in [0.1, 0.15) is 12.0 Å². The van der Waals surface area contributed by atoms with E-state index in [1.54, 1.807) is 23.6 Å². The van der Waals surface area contributed by atoms with Crippen LogP contribution in [0, 0.1) is 0 Å². The van der Waals surface area contributed by atoms with Crippen LogP contribution in [0.2, 0.25) is 0 Å². The van der Waals surface area contributed by atoms with E-state index in [1.807, 2.05) is 48.7 Å². The van der Waals surface area contributed by atoms with Crippen molar-refractivity contribution in [2.24, 2.45) is 5.73 Å². The number of anilines is 2. The maximum atomic E-state index is 12.1. The van der Waals surface area contributed by atoms with Gasteiger partial charge in [0.25, 0.3) is 0 Å². The van der Waals surface area contributed by atoms with E-state index in [0.717, 1.165) is 62.4 Å². The number of amides is 2. The van der Waals surface area contributed by atoms with Gasteiger partial charge in [-0.2, -0.15) is 0 Å². The van der Waals surface area contributed by atoms with Gasteiger partial charge in [0.2, 0.25) is 0 Å². The van der Waals surface area contributed by atoms with Crippen LogP contribution in [0.15, 0.2) is 54.7 Å². The van der Waals surface area contributed by atoms with Crippen LogP contribution in [-0.4, -0.2) is 73.7 Å². The molecule has 3 heterocycles. The SMILES string of the molecule is COc1ccccc1N1CCN(C(CCCCN(C(N)=O)c2cc3ccccn3n2)OC)CC1. The van der Waals surface area contributed by atoms with Crippen LogP contribution in [-0.2, 0) is 4.74 Å². The van der Waals surface area contributed by atoms with E-state index in [-0.39, 0.29) is 6.23 Å². The Labute approximate surface area is 200 Å². The van der Waals surface area contributed by atoms with E-state index >= 15 is 0 Å².